The Morgan fingerprint density at radius 3 is 2.14 bits per heavy atom. The summed E-state index contributed by atoms with van der Waals surface area (Å²) in [6, 6.07) is 22.5. The molecule has 0 spiro atoms. The molecule has 1 saturated carbocycles. The van der Waals surface area contributed by atoms with E-state index in [1.165, 1.54) is 0 Å². The predicted octanol–water partition coefficient (Wildman–Crippen LogP) is 4.46. The molecule has 5 rings (SSSR count). The lowest BCUT2D eigenvalue weighted by molar-refractivity contribution is -0.116. The highest BCUT2D eigenvalue weighted by Crippen LogP contribution is 2.44. The highest BCUT2D eigenvalue weighted by atomic mass is 16.5. The van der Waals surface area contributed by atoms with Gasteiger partial charge in [0, 0.05) is 28.4 Å². The second-order valence-electron chi connectivity index (χ2n) is 7.43. The molecule has 0 saturated heterocycles. The standard InChI is InChI=1S/C24H20N2O3/c27-23(25-16-12-13-16)15-6-5-7-17(14-15)26-24(28)22-18-8-1-3-10-20(18)29-21-11-4-2-9-19(21)22/h1-11,14,16,22H,12-13H2,(H,25,27)(H,26,28). The van der Waals surface area contributed by atoms with Crippen LogP contribution in [0.1, 0.15) is 40.2 Å². The maximum atomic E-state index is 13.3. The zero-order valence-electron chi connectivity index (χ0n) is 15.7. The van der Waals surface area contributed by atoms with E-state index in [-0.39, 0.29) is 17.9 Å². The van der Waals surface area contributed by atoms with Crippen LogP contribution in [0.25, 0.3) is 0 Å². The molecule has 144 valence electrons. The predicted molar refractivity (Wildman–Crippen MR) is 110 cm³/mol. The van der Waals surface area contributed by atoms with Crippen molar-refractivity contribution in [2.45, 2.75) is 24.8 Å². The van der Waals surface area contributed by atoms with Crippen molar-refractivity contribution in [2.24, 2.45) is 0 Å². The minimum Gasteiger partial charge on any atom is -0.457 e. The number of benzene rings is 3. The van der Waals surface area contributed by atoms with E-state index in [4.69, 9.17) is 4.74 Å². The van der Waals surface area contributed by atoms with Crippen LogP contribution in [0, 0.1) is 0 Å². The van der Waals surface area contributed by atoms with Crippen molar-refractivity contribution in [1.82, 2.24) is 5.32 Å². The van der Waals surface area contributed by atoms with Crippen LogP contribution in [0.3, 0.4) is 0 Å². The highest BCUT2D eigenvalue weighted by molar-refractivity contribution is 6.01. The summed E-state index contributed by atoms with van der Waals surface area (Å²) in [5, 5.41) is 5.96. The summed E-state index contributed by atoms with van der Waals surface area (Å²) in [7, 11) is 0. The number of hydrogen-bond acceptors (Lipinski definition) is 3. The van der Waals surface area contributed by atoms with Crippen LogP contribution in [0.2, 0.25) is 0 Å². The molecule has 1 heterocycles. The van der Waals surface area contributed by atoms with Crippen LogP contribution in [-0.2, 0) is 4.79 Å². The van der Waals surface area contributed by atoms with Crippen LogP contribution >= 0.6 is 0 Å². The van der Waals surface area contributed by atoms with Gasteiger partial charge in [-0.1, -0.05) is 42.5 Å². The molecule has 5 nitrogen and oxygen atoms in total. The van der Waals surface area contributed by atoms with Gasteiger partial charge in [-0.25, -0.2) is 0 Å². The first-order valence-electron chi connectivity index (χ1n) is 9.76. The van der Waals surface area contributed by atoms with Crippen molar-refractivity contribution >= 4 is 17.5 Å². The summed E-state index contributed by atoms with van der Waals surface area (Å²) in [6.07, 6.45) is 2.06. The van der Waals surface area contributed by atoms with Gasteiger partial charge in [-0.05, 0) is 43.2 Å². The second kappa shape index (κ2) is 7.09. The third-order valence-corrected chi connectivity index (χ3v) is 5.25. The molecular weight excluding hydrogens is 364 g/mol. The van der Waals surface area contributed by atoms with E-state index in [1.54, 1.807) is 24.3 Å². The van der Waals surface area contributed by atoms with Crippen LogP contribution in [0.5, 0.6) is 11.5 Å². The average Bonchev–Trinajstić information content (AvgIpc) is 3.56. The lowest BCUT2D eigenvalue weighted by Gasteiger charge is -2.27. The van der Waals surface area contributed by atoms with Gasteiger partial charge in [-0.2, -0.15) is 0 Å². The van der Waals surface area contributed by atoms with Gasteiger partial charge < -0.3 is 15.4 Å². The van der Waals surface area contributed by atoms with E-state index in [9.17, 15) is 9.59 Å². The van der Waals surface area contributed by atoms with Crippen molar-refractivity contribution in [3.63, 3.8) is 0 Å². The van der Waals surface area contributed by atoms with E-state index >= 15 is 0 Å². The molecule has 1 aliphatic carbocycles. The zero-order valence-corrected chi connectivity index (χ0v) is 15.7. The number of carbonyl (C=O) groups is 2. The van der Waals surface area contributed by atoms with Crippen molar-refractivity contribution < 1.29 is 14.3 Å². The molecule has 3 aromatic rings. The fraction of sp³-hybridized carbons (Fsp3) is 0.167. The molecule has 1 fully saturated rings. The smallest absolute Gasteiger partial charge is 0.251 e. The molecule has 5 heteroatoms. The van der Waals surface area contributed by atoms with Gasteiger partial charge in [-0.15, -0.1) is 0 Å². The van der Waals surface area contributed by atoms with E-state index in [1.807, 2.05) is 48.5 Å². The normalized spacial score (nSPS) is 14.9. The molecule has 1 aliphatic heterocycles. The number of rotatable bonds is 4. The molecule has 2 N–H and O–H groups in total. The molecule has 0 radical (unpaired) electrons. The average molecular weight is 384 g/mol. The van der Waals surface area contributed by atoms with Crippen molar-refractivity contribution in [3.05, 3.63) is 89.5 Å². The van der Waals surface area contributed by atoms with E-state index in [2.05, 4.69) is 10.6 Å². The highest BCUT2D eigenvalue weighted by Gasteiger charge is 2.32. The fourth-order valence-corrected chi connectivity index (χ4v) is 3.64. The minimum atomic E-state index is -0.486. The Balaban J connectivity index is 1.43. The van der Waals surface area contributed by atoms with Crippen molar-refractivity contribution in [1.29, 1.82) is 0 Å². The summed E-state index contributed by atoms with van der Waals surface area (Å²) in [5.41, 5.74) is 2.79. The van der Waals surface area contributed by atoms with Crippen LogP contribution in [0.15, 0.2) is 72.8 Å². The molecular formula is C24H20N2O3. The molecule has 2 aliphatic rings. The van der Waals surface area contributed by atoms with Crippen LogP contribution in [-0.4, -0.2) is 17.9 Å². The topological polar surface area (TPSA) is 67.4 Å². The molecule has 3 aromatic carbocycles. The Morgan fingerprint density at radius 1 is 0.828 bits per heavy atom. The zero-order chi connectivity index (χ0) is 19.8. The third-order valence-electron chi connectivity index (χ3n) is 5.25. The second-order valence-corrected chi connectivity index (χ2v) is 7.43. The summed E-state index contributed by atoms with van der Waals surface area (Å²) in [5.74, 6) is 0.617. The van der Waals surface area contributed by atoms with Gasteiger partial charge in [0.2, 0.25) is 5.91 Å². The number of amides is 2. The van der Waals surface area contributed by atoms with Gasteiger partial charge in [0.1, 0.15) is 11.5 Å². The molecule has 0 unspecified atom stereocenters. The largest absolute Gasteiger partial charge is 0.457 e. The van der Waals surface area contributed by atoms with Gasteiger partial charge in [0.05, 0.1) is 5.92 Å². The SMILES string of the molecule is O=C(NC1CC1)c1cccc(NC(=O)C2c3ccccc3Oc3ccccc32)c1. The summed E-state index contributed by atoms with van der Waals surface area (Å²) in [4.78, 5) is 25.6. The molecule has 0 aromatic heterocycles. The van der Waals surface area contributed by atoms with Gasteiger partial charge in [0.25, 0.3) is 5.91 Å². The summed E-state index contributed by atoms with van der Waals surface area (Å²) >= 11 is 0. The first-order valence-corrected chi connectivity index (χ1v) is 9.76. The van der Waals surface area contributed by atoms with Crippen molar-refractivity contribution in [2.75, 3.05) is 5.32 Å². The Morgan fingerprint density at radius 2 is 1.48 bits per heavy atom. The molecule has 2 amide bonds. The number of ether oxygens (including phenoxy) is 1. The Hall–Kier alpha value is -3.60. The van der Waals surface area contributed by atoms with E-state index in [0.717, 1.165) is 24.0 Å². The van der Waals surface area contributed by atoms with Crippen molar-refractivity contribution in [3.8, 4) is 11.5 Å². The maximum absolute atomic E-state index is 13.3. The lowest BCUT2D eigenvalue weighted by Crippen LogP contribution is -2.26. The quantitative estimate of drug-likeness (QED) is 0.698. The van der Waals surface area contributed by atoms with Gasteiger partial charge >= 0.3 is 0 Å². The molecule has 0 atom stereocenters. The van der Waals surface area contributed by atoms with Gasteiger partial charge in [-0.3, -0.25) is 9.59 Å². The Labute approximate surface area is 168 Å². The van der Waals surface area contributed by atoms with E-state index < -0.39 is 5.92 Å². The fourth-order valence-electron chi connectivity index (χ4n) is 3.64. The Bertz CT molecular complexity index is 1060. The number of para-hydroxylation sites is 2. The number of anilines is 1. The summed E-state index contributed by atoms with van der Waals surface area (Å²) in [6.45, 7) is 0. The number of nitrogens with one attached hydrogen (secondary N) is 2. The monoisotopic (exact) mass is 384 g/mol. The maximum Gasteiger partial charge on any atom is 0.251 e. The lowest BCUT2D eigenvalue weighted by atomic mass is 9.87. The number of carbonyl (C=O) groups excluding carboxylic acids is 2. The minimum absolute atomic E-state index is 0.106. The molecule has 29 heavy (non-hydrogen) atoms. The van der Waals surface area contributed by atoms with Gasteiger partial charge in [0.15, 0.2) is 0 Å². The van der Waals surface area contributed by atoms with Crippen LogP contribution in [0.4, 0.5) is 5.69 Å². The number of hydrogen-bond donors (Lipinski definition) is 2. The van der Waals surface area contributed by atoms with E-state index in [0.29, 0.717) is 22.7 Å². The first kappa shape index (κ1) is 17.5. The first-order chi connectivity index (χ1) is 14.2. The summed E-state index contributed by atoms with van der Waals surface area (Å²) < 4.78 is 5.97. The Kier molecular flexibility index (Phi) is 4.28. The molecule has 0 bridgehead atoms. The third kappa shape index (κ3) is 3.47. The number of fused-ring (bicyclic) bond motifs is 2. The van der Waals surface area contributed by atoms with Crippen LogP contribution < -0.4 is 15.4 Å².